The van der Waals surface area contributed by atoms with Crippen molar-refractivity contribution >= 4 is 27.5 Å². The zero-order valence-corrected chi connectivity index (χ0v) is 15.7. The summed E-state index contributed by atoms with van der Waals surface area (Å²) in [6.45, 7) is 2.64. The third-order valence-corrected chi connectivity index (χ3v) is 4.78. The molecule has 24 heavy (non-hydrogen) atoms. The SMILES string of the molecule is Clc1ccc(Br)cc1Cc1ccc(OCCO[C@H]2CCOC2)cc1. The summed E-state index contributed by atoms with van der Waals surface area (Å²) in [5.74, 6) is 0.852. The molecule has 128 valence electrons. The van der Waals surface area contributed by atoms with Gasteiger partial charge in [-0.2, -0.15) is 0 Å². The highest BCUT2D eigenvalue weighted by Crippen LogP contribution is 2.24. The Balaban J connectivity index is 1.47. The smallest absolute Gasteiger partial charge is 0.119 e. The number of halogens is 2. The lowest BCUT2D eigenvalue weighted by atomic mass is 10.1. The Bertz CT molecular complexity index is 654. The van der Waals surface area contributed by atoms with Gasteiger partial charge in [-0.1, -0.05) is 39.7 Å². The highest BCUT2D eigenvalue weighted by atomic mass is 79.9. The number of hydrogen-bond acceptors (Lipinski definition) is 3. The fourth-order valence-electron chi connectivity index (χ4n) is 2.62. The van der Waals surface area contributed by atoms with Crippen molar-refractivity contribution in [1.82, 2.24) is 0 Å². The first-order valence-corrected chi connectivity index (χ1v) is 9.23. The van der Waals surface area contributed by atoms with Gasteiger partial charge in [-0.15, -0.1) is 0 Å². The summed E-state index contributed by atoms with van der Waals surface area (Å²) in [6, 6.07) is 14.0. The molecule has 0 aliphatic carbocycles. The third-order valence-electron chi connectivity index (χ3n) is 3.92. The van der Waals surface area contributed by atoms with Gasteiger partial charge in [-0.3, -0.25) is 0 Å². The summed E-state index contributed by atoms with van der Waals surface area (Å²) < 4.78 is 17.7. The molecular formula is C19H20BrClO3. The van der Waals surface area contributed by atoms with Gasteiger partial charge in [0.1, 0.15) is 12.4 Å². The predicted octanol–water partition coefficient (Wildman–Crippen LogP) is 4.88. The maximum Gasteiger partial charge on any atom is 0.119 e. The van der Waals surface area contributed by atoms with Crippen LogP contribution < -0.4 is 4.74 Å². The van der Waals surface area contributed by atoms with E-state index < -0.39 is 0 Å². The monoisotopic (exact) mass is 410 g/mol. The minimum Gasteiger partial charge on any atom is -0.491 e. The molecular weight excluding hydrogens is 392 g/mol. The van der Waals surface area contributed by atoms with Crippen molar-refractivity contribution in [2.75, 3.05) is 26.4 Å². The molecule has 2 aromatic rings. The molecule has 0 saturated carbocycles. The van der Waals surface area contributed by atoms with Crippen LogP contribution in [0.2, 0.25) is 5.02 Å². The van der Waals surface area contributed by atoms with E-state index in [1.807, 2.05) is 24.3 Å². The van der Waals surface area contributed by atoms with Gasteiger partial charge in [-0.05, 0) is 54.3 Å². The van der Waals surface area contributed by atoms with Crippen LogP contribution >= 0.6 is 27.5 Å². The van der Waals surface area contributed by atoms with Crippen LogP contribution in [0.25, 0.3) is 0 Å². The molecule has 5 heteroatoms. The standard InChI is InChI=1S/C19H20BrClO3/c20-16-3-6-19(21)15(12-16)11-14-1-4-17(5-2-14)23-9-10-24-18-7-8-22-13-18/h1-6,12,18H,7-11,13H2/t18-/m0/s1. The zero-order chi connectivity index (χ0) is 16.8. The number of benzene rings is 2. The van der Waals surface area contributed by atoms with Crippen LogP contribution in [0, 0.1) is 0 Å². The molecule has 0 radical (unpaired) electrons. The molecule has 1 saturated heterocycles. The molecule has 1 aliphatic rings. The summed E-state index contributed by atoms with van der Waals surface area (Å²) in [6.07, 6.45) is 2.00. The lowest BCUT2D eigenvalue weighted by Crippen LogP contribution is -2.16. The van der Waals surface area contributed by atoms with Gasteiger partial charge in [0, 0.05) is 16.1 Å². The lowest BCUT2D eigenvalue weighted by molar-refractivity contribution is 0.0265. The Kier molecular flexibility index (Phi) is 6.55. The van der Waals surface area contributed by atoms with Crippen molar-refractivity contribution in [1.29, 1.82) is 0 Å². The van der Waals surface area contributed by atoms with Gasteiger partial charge < -0.3 is 14.2 Å². The molecule has 1 fully saturated rings. The van der Waals surface area contributed by atoms with E-state index in [1.165, 1.54) is 5.56 Å². The van der Waals surface area contributed by atoms with Gasteiger partial charge in [0.05, 0.1) is 19.3 Å². The van der Waals surface area contributed by atoms with E-state index in [1.54, 1.807) is 0 Å². The van der Waals surface area contributed by atoms with Crippen molar-refractivity contribution < 1.29 is 14.2 Å². The Labute approximate surface area is 156 Å². The van der Waals surface area contributed by atoms with Gasteiger partial charge >= 0.3 is 0 Å². The fourth-order valence-corrected chi connectivity index (χ4v) is 3.21. The van der Waals surface area contributed by atoms with Crippen molar-refractivity contribution in [3.05, 3.63) is 63.1 Å². The van der Waals surface area contributed by atoms with E-state index in [0.29, 0.717) is 19.8 Å². The summed E-state index contributed by atoms with van der Waals surface area (Å²) in [5, 5.41) is 0.784. The molecule has 0 bridgehead atoms. The summed E-state index contributed by atoms with van der Waals surface area (Å²) in [7, 11) is 0. The van der Waals surface area contributed by atoms with E-state index in [4.69, 9.17) is 25.8 Å². The Morgan fingerprint density at radius 1 is 1.12 bits per heavy atom. The van der Waals surface area contributed by atoms with Crippen molar-refractivity contribution in [3.63, 3.8) is 0 Å². The van der Waals surface area contributed by atoms with Crippen LogP contribution in [-0.4, -0.2) is 32.5 Å². The molecule has 1 atom stereocenters. The average Bonchev–Trinajstić information content (AvgIpc) is 3.10. The topological polar surface area (TPSA) is 27.7 Å². The van der Waals surface area contributed by atoms with Crippen LogP contribution in [0.1, 0.15) is 17.5 Å². The molecule has 1 heterocycles. The summed E-state index contributed by atoms with van der Waals surface area (Å²) in [4.78, 5) is 0. The highest BCUT2D eigenvalue weighted by molar-refractivity contribution is 9.10. The van der Waals surface area contributed by atoms with Crippen LogP contribution in [-0.2, 0) is 15.9 Å². The second-order valence-corrected chi connectivity index (χ2v) is 7.08. The maximum atomic E-state index is 6.25. The molecule has 0 aromatic heterocycles. The van der Waals surface area contributed by atoms with Crippen LogP contribution in [0.15, 0.2) is 46.9 Å². The molecule has 0 spiro atoms. The molecule has 1 aliphatic heterocycles. The maximum absolute atomic E-state index is 6.25. The van der Waals surface area contributed by atoms with Gasteiger partial charge in [0.25, 0.3) is 0 Å². The molecule has 0 amide bonds. The van der Waals surface area contributed by atoms with Crippen LogP contribution in [0.5, 0.6) is 5.75 Å². The normalized spacial score (nSPS) is 17.2. The first-order valence-electron chi connectivity index (χ1n) is 8.06. The van der Waals surface area contributed by atoms with E-state index in [-0.39, 0.29) is 6.10 Å². The Morgan fingerprint density at radius 3 is 2.71 bits per heavy atom. The van der Waals surface area contributed by atoms with E-state index in [9.17, 15) is 0 Å². The van der Waals surface area contributed by atoms with Crippen molar-refractivity contribution in [2.45, 2.75) is 18.9 Å². The molecule has 0 unspecified atom stereocenters. The van der Waals surface area contributed by atoms with Crippen LogP contribution in [0.4, 0.5) is 0 Å². The van der Waals surface area contributed by atoms with Gasteiger partial charge in [0.2, 0.25) is 0 Å². The Hall–Kier alpha value is -1.07. The molecule has 2 aromatic carbocycles. The van der Waals surface area contributed by atoms with Crippen molar-refractivity contribution in [2.24, 2.45) is 0 Å². The van der Waals surface area contributed by atoms with E-state index in [0.717, 1.165) is 40.3 Å². The quantitative estimate of drug-likeness (QED) is 0.608. The minimum absolute atomic E-state index is 0.228. The second kappa shape index (κ2) is 8.86. The third kappa shape index (κ3) is 5.21. The predicted molar refractivity (Wildman–Crippen MR) is 99.1 cm³/mol. The van der Waals surface area contributed by atoms with Gasteiger partial charge in [0.15, 0.2) is 0 Å². The number of hydrogen-bond donors (Lipinski definition) is 0. The molecule has 3 rings (SSSR count). The summed E-state index contributed by atoms with van der Waals surface area (Å²) in [5.41, 5.74) is 2.30. The van der Waals surface area contributed by atoms with Crippen molar-refractivity contribution in [3.8, 4) is 5.75 Å². The zero-order valence-electron chi connectivity index (χ0n) is 13.3. The second-order valence-electron chi connectivity index (χ2n) is 5.76. The largest absolute Gasteiger partial charge is 0.491 e. The van der Waals surface area contributed by atoms with E-state index in [2.05, 4.69) is 34.1 Å². The van der Waals surface area contributed by atoms with Crippen LogP contribution in [0.3, 0.4) is 0 Å². The first kappa shape index (κ1) is 17.7. The lowest BCUT2D eigenvalue weighted by Gasteiger charge is -2.11. The molecule has 0 N–H and O–H groups in total. The fraction of sp³-hybridized carbons (Fsp3) is 0.368. The minimum atomic E-state index is 0.228. The highest BCUT2D eigenvalue weighted by Gasteiger charge is 2.15. The molecule has 3 nitrogen and oxygen atoms in total. The Morgan fingerprint density at radius 2 is 1.96 bits per heavy atom. The summed E-state index contributed by atoms with van der Waals surface area (Å²) >= 11 is 9.73. The number of rotatable bonds is 7. The first-order chi connectivity index (χ1) is 11.7. The average molecular weight is 412 g/mol. The number of ether oxygens (including phenoxy) is 3. The van der Waals surface area contributed by atoms with Gasteiger partial charge in [-0.25, -0.2) is 0 Å². The van der Waals surface area contributed by atoms with E-state index >= 15 is 0 Å².